The van der Waals surface area contributed by atoms with Crippen LogP contribution in [-0.2, 0) is 14.3 Å². The minimum absolute atomic E-state index is 0.401. The molecule has 0 atom stereocenters. The summed E-state index contributed by atoms with van der Waals surface area (Å²) in [7, 11) is 0. The quantitative estimate of drug-likeness (QED) is 0.785. The van der Waals surface area contributed by atoms with E-state index in [9.17, 15) is 18.4 Å². The molecule has 0 fully saturated rings. The summed E-state index contributed by atoms with van der Waals surface area (Å²) in [6.45, 7) is 0.844. The van der Waals surface area contributed by atoms with E-state index in [1.54, 1.807) is 20.8 Å². The topological polar surface area (TPSA) is 64.6 Å². The summed E-state index contributed by atoms with van der Waals surface area (Å²) >= 11 is 0. The van der Waals surface area contributed by atoms with Gasteiger partial charge in [0.05, 0.1) is 6.54 Å². The van der Waals surface area contributed by atoms with Gasteiger partial charge >= 0.3 is 12.7 Å². The van der Waals surface area contributed by atoms with Crippen molar-refractivity contribution in [1.82, 2.24) is 5.32 Å². The standard InChI is InChI=1S/C9H15F2NO4/c1-9(2,3)16-8(14)12-4-6(13)5-15-7(10)11/h7H,4-5H2,1-3H3,(H,12,14). The smallest absolute Gasteiger partial charge is 0.408 e. The van der Waals surface area contributed by atoms with Gasteiger partial charge in [0.15, 0.2) is 5.78 Å². The number of halogens is 2. The van der Waals surface area contributed by atoms with Gasteiger partial charge in [0.25, 0.3) is 0 Å². The van der Waals surface area contributed by atoms with Gasteiger partial charge in [0.2, 0.25) is 0 Å². The molecular formula is C9H15F2NO4. The Morgan fingerprint density at radius 2 is 1.88 bits per heavy atom. The van der Waals surface area contributed by atoms with Crippen molar-refractivity contribution in [3.8, 4) is 0 Å². The van der Waals surface area contributed by atoms with Gasteiger partial charge < -0.3 is 14.8 Å². The molecule has 16 heavy (non-hydrogen) atoms. The van der Waals surface area contributed by atoms with Crippen LogP contribution in [0.15, 0.2) is 0 Å². The van der Waals surface area contributed by atoms with Gasteiger partial charge in [-0.15, -0.1) is 0 Å². The molecule has 94 valence electrons. The lowest BCUT2D eigenvalue weighted by atomic mass is 10.2. The summed E-state index contributed by atoms with van der Waals surface area (Å²) in [5.74, 6) is -0.661. The first-order valence-electron chi connectivity index (χ1n) is 4.59. The maximum absolute atomic E-state index is 11.5. The Bertz CT molecular complexity index is 250. The van der Waals surface area contributed by atoms with E-state index < -0.39 is 37.2 Å². The predicted octanol–water partition coefficient (Wildman–Crippen LogP) is 1.32. The zero-order valence-corrected chi connectivity index (χ0v) is 9.38. The van der Waals surface area contributed by atoms with Gasteiger partial charge in [0, 0.05) is 0 Å². The lowest BCUT2D eigenvalue weighted by Crippen LogP contribution is -2.36. The number of carbonyl (C=O) groups is 2. The number of ether oxygens (including phenoxy) is 2. The largest absolute Gasteiger partial charge is 0.444 e. The molecule has 7 heteroatoms. The summed E-state index contributed by atoms with van der Waals surface area (Å²) in [6, 6.07) is 0. The molecule has 0 aliphatic rings. The number of rotatable bonds is 5. The van der Waals surface area contributed by atoms with Gasteiger partial charge in [-0.25, -0.2) is 4.79 Å². The monoisotopic (exact) mass is 239 g/mol. The van der Waals surface area contributed by atoms with Crippen LogP contribution in [0.1, 0.15) is 20.8 Å². The second-order valence-corrected chi connectivity index (χ2v) is 3.97. The molecule has 0 spiro atoms. The first kappa shape index (κ1) is 14.8. The Morgan fingerprint density at radius 1 is 1.31 bits per heavy atom. The zero-order chi connectivity index (χ0) is 12.8. The van der Waals surface area contributed by atoms with Crippen molar-refractivity contribution in [3.05, 3.63) is 0 Å². The fourth-order valence-corrected chi connectivity index (χ4v) is 0.692. The van der Waals surface area contributed by atoms with Crippen LogP contribution in [0.3, 0.4) is 0 Å². The highest BCUT2D eigenvalue weighted by Gasteiger charge is 2.16. The number of alkyl carbamates (subject to hydrolysis) is 1. The minimum atomic E-state index is -2.99. The van der Waals surface area contributed by atoms with Crippen molar-refractivity contribution in [1.29, 1.82) is 0 Å². The minimum Gasteiger partial charge on any atom is -0.444 e. The lowest BCUT2D eigenvalue weighted by Gasteiger charge is -2.19. The molecular weight excluding hydrogens is 224 g/mol. The van der Waals surface area contributed by atoms with Crippen molar-refractivity contribution >= 4 is 11.9 Å². The Hall–Kier alpha value is -1.24. The fraction of sp³-hybridized carbons (Fsp3) is 0.778. The van der Waals surface area contributed by atoms with Crippen LogP contribution in [-0.4, -0.2) is 37.2 Å². The average Bonchev–Trinajstić information content (AvgIpc) is 2.08. The third-order valence-corrected chi connectivity index (χ3v) is 1.20. The maximum atomic E-state index is 11.5. The third-order valence-electron chi connectivity index (χ3n) is 1.20. The molecule has 0 bridgehead atoms. The third kappa shape index (κ3) is 9.32. The Kier molecular flexibility index (Phi) is 5.87. The predicted molar refractivity (Wildman–Crippen MR) is 51.2 cm³/mol. The Balaban J connectivity index is 3.72. The molecule has 0 aliphatic heterocycles. The molecule has 0 aromatic heterocycles. The first-order valence-corrected chi connectivity index (χ1v) is 4.59. The van der Waals surface area contributed by atoms with E-state index in [1.165, 1.54) is 0 Å². The molecule has 0 heterocycles. The van der Waals surface area contributed by atoms with Crippen LogP contribution in [0.2, 0.25) is 0 Å². The number of nitrogens with one attached hydrogen (secondary N) is 1. The molecule has 5 nitrogen and oxygen atoms in total. The van der Waals surface area contributed by atoms with Crippen molar-refractivity contribution in [2.45, 2.75) is 33.0 Å². The molecule has 0 aromatic carbocycles. The highest BCUT2D eigenvalue weighted by atomic mass is 19.3. The van der Waals surface area contributed by atoms with Crippen LogP contribution >= 0.6 is 0 Å². The highest BCUT2D eigenvalue weighted by molar-refractivity contribution is 5.84. The van der Waals surface area contributed by atoms with Gasteiger partial charge in [-0.05, 0) is 20.8 Å². The van der Waals surface area contributed by atoms with E-state index in [4.69, 9.17) is 4.74 Å². The van der Waals surface area contributed by atoms with Gasteiger partial charge in [-0.2, -0.15) is 8.78 Å². The van der Waals surface area contributed by atoms with E-state index in [0.717, 1.165) is 0 Å². The van der Waals surface area contributed by atoms with Crippen LogP contribution in [0, 0.1) is 0 Å². The molecule has 1 N–H and O–H groups in total. The SMILES string of the molecule is CC(C)(C)OC(=O)NCC(=O)COC(F)F. The maximum Gasteiger partial charge on any atom is 0.408 e. The molecule has 0 unspecified atom stereocenters. The molecule has 0 aromatic rings. The van der Waals surface area contributed by atoms with Crippen LogP contribution < -0.4 is 5.32 Å². The van der Waals surface area contributed by atoms with Crippen molar-refractivity contribution < 1.29 is 27.8 Å². The summed E-state index contributed by atoms with van der Waals surface area (Å²) in [4.78, 5) is 21.9. The summed E-state index contributed by atoms with van der Waals surface area (Å²) in [5, 5.41) is 2.13. The van der Waals surface area contributed by atoms with E-state index in [1.807, 2.05) is 0 Å². The number of amides is 1. The second-order valence-electron chi connectivity index (χ2n) is 3.97. The van der Waals surface area contributed by atoms with Crippen LogP contribution in [0.25, 0.3) is 0 Å². The van der Waals surface area contributed by atoms with Crippen LogP contribution in [0.5, 0.6) is 0 Å². The summed E-state index contributed by atoms with van der Waals surface area (Å²) in [5.41, 5.74) is -0.674. The second kappa shape index (κ2) is 6.37. The van der Waals surface area contributed by atoms with Crippen molar-refractivity contribution in [3.63, 3.8) is 0 Å². The number of carbonyl (C=O) groups excluding carboxylic acids is 2. The fourth-order valence-electron chi connectivity index (χ4n) is 0.692. The van der Waals surface area contributed by atoms with Gasteiger partial charge in [0.1, 0.15) is 12.2 Å². The Labute approximate surface area is 92.1 Å². The number of Topliss-reactive ketones (excluding diaryl/α,β-unsaturated/α-hetero) is 1. The molecule has 0 aliphatic carbocycles. The van der Waals surface area contributed by atoms with E-state index >= 15 is 0 Å². The molecule has 0 rings (SSSR count). The van der Waals surface area contributed by atoms with Crippen molar-refractivity contribution in [2.75, 3.05) is 13.2 Å². The van der Waals surface area contributed by atoms with E-state index in [-0.39, 0.29) is 0 Å². The van der Waals surface area contributed by atoms with Crippen molar-refractivity contribution in [2.24, 2.45) is 0 Å². The van der Waals surface area contributed by atoms with Crippen LogP contribution in [0.4, 0.5) is 13.6 Å². The number of ketones is 1. The summed E-state index contributed by atoms with van der Waals surface area (Å²) < 4.78 is 31.6. The van der Waals surface area contributed by atoms with Gasteiger partial charge in [-0.3, -0.25) is 4.79 Å². The molecule has 0 radical (unpaired) electrons. The van der Waals surface area contributed by atoms with E-state index in [2.05, 4.69) is 10.1 Å². The zero-order valence-electron chi connectivity index (χ0n) is 9.38. The molecule has 1 amide bonds. The number of hydrogen-bond acceptors (Lipinski definition) is 4. The molecule has 0 saturated carbocycles. The summed E-state index contributed by atoms with van der Waals surface area (Å²) in [6.07, 6.45) is -0.780. The highest BCUT2D eigenvalue weighted by Crippen LogP contribution is 2.06. The first-order chi connectivity index (χ1) is 7.20. The van der Waals surface area contributed by atoms with E-state index in [0.29, 0.717) is 0 Å². The molecule has 0 saturated heterocycles. The Morgan fingerprint density at radius 3 is 2.31 bits per heavy atom. The van der Waals surface area contributed by atoms with Gasteiger partial charge in [-0.1, -0.05) is 0 Å². The average molecular weight is 239 g/mol. The number of alkyl halides is 2. The number of hydrogen-bond donors (Lipinski definition) is 1. The lowest BCUT2D eigenvalue weighted by molar-refractivity contribution is -0.149. The normalized spacial score (nSPS) is 11.4.